The van der Waals surface area contributed by atoms with Gasteiger partial charge in [-0.15, -0.1) is 0 Å². The Bertz CT molecular complexity index is 320. The first-order chi connectivity index (χ1) is 7.81. The van der Waals surface area contributed by atoms with Crippen molar-refractivity contribution in [1.29, 1.82) is 0 Å². The summed E-state index contributed by atoms with van der Waals surface area (Å²) < 4.78 is 10.4. The Balaban J connectivity index is 2.04. The topological polar surface area (TPSA) is 47.7 Å². The molecule has 2 N–H and O–H groups in total. The van der Waals surface area contributed by atoms with E-state index in [2.05, 4.69) is 4.90 Å². The van der Waals surface area contributed by atoms with Gasteiger partial charge in [-0.25, -0.2) is 0 Å². The summed E-state index contributed by atoms with van der Waals surface area (Å²) in [6.45, 7) is 3.33. The van der Waals surface area contributed by atoms with E-state index in [4.69, 9.17) is 15.2 Å². The first kappa shape index (κ1) is 11.4. The number of ether oxygens (including phenoxy) is 2. The molecule has 1 aromatic rings. The molecule has 0 radical (unpaired) electrons. The molecule has 4 heteroatoms. The number of methoxy groups -OCH3 is 1. The zero-order valence-electron chi connectivity index (χ0n) is 9.56. The van der Waals surface area contributed by atoms with Gasteiger partial charge in [0.2, 0.25) is 0 Å². The molecule has 0 aromatic heterocycles. The molecule has 1 aliphatic heterocycles. The molecule has 88 valence electrons. The van der Waals surface area contributed by atoms with Gasteiger partial charge in [-0.05, 0) is 17.7 Å². The number of hydrogen-bond donors (Lipinski definition) is 1. The van der Waals surface area contributed by atoms with E-state index in [-0.39, 0.29) is 6.17 Å². The molecular formula is C12H18N2O2. The maximum atomic E-state index is 6.19. The molecule has 0 unspecified atom stereocenters. The monoisotopic (exact) mass is 222 g/mol. The second kappa shape index (κ2) is 5.30. The maximum Gasteiger partial charge on any atom is 0.118 e. The van der Waals surface area contributed by atoms with Crippen LogP contribution in [0.1, 0.15) is 11.7 Å². The Labute approximate surface area is 95.9 Å². The molecule has 1 saturated heterocycles. The van der Waals surface area contributed by atoms with Crippen LogP contribution < -0.4 is 10.5 Å². The minimum Gasteiger partial charge on any atom is -0.497 e. The van der Waals surface area contributed by atoms with Crippen molar-refractivity contribution in [1.82, 2.24) is 4.90 Å². The van der Waals surface area contributed by atoms with Gasteiger partial charge in [0.1, 0.15) is 5.75 Å². The fourth-order valence-electron chi connectivity index (χ4n) is 1.87. The van der Waals surface area contributed by atoms with Gasteiger partial charge in [-0.3, -0.25) is 4.90 Å². The van der Waals surface area contributed by atoms with E-state index in [1.165, 1.54) is 0 Å². The highest BCUT2D eigenvalue weighted by molar-refractivity contribution is 5.28. The van der Waals surface area contributed by atoms with Crippen molar-refractivity contribution in [3.05, 3.63) is 29.8 Å². The molecule has 0 bridgehead atoms. The third-order valence-corrected chi connectivity index (χ3v) is 2.90. The van der Waals surface area contributed by atoms with Crippen LogP contribution >= 0.6 is 0 Å². The summed E-state index contributed by atoms with van der Waals surface area (Å²) in [4.78, 5) is 2.23. The minimum atomic E-state index is -0.0465. The Hall–Kier alpha value is -1.10. The SMILES string of the molecule is COc1ccc([C@@H](N)N2CCOCC2)cc1. The van der Waals surface area contributed by atoms with Crippen molar-refractivity contribution >= 4 is 0 Å². The fourth-order valence-corrected chi connectivity index (χ4v) is 1.87. The van der Waals surface area contributed by atoms with Crippen LogP contribution in [-0.2, 0) is 4.74 Å². The molecule has 1 atom stereocenters. The van der Waals surface area contributed by atoms with Gasteiger partial charge in [0.05, 0.1) is 26.5 Å². The van der Waals surface area contributed by atoms with Gasteiger partial charge in [0.25, 0.3) is 0 Å². The maximum absolute atomic E-state index is 6.19. The summed E-state index contributed by atoms with van der Waals surface area (Å²) in [6, 6.07) is 7.91. The van der Waals surface area contributed by atoms with Gasteiger partial charge in [0, 0.05) is 13.1 Å². The van der Waals surface area contributed by atoms with Crippen molar-refractivity contribution in [3.8, 4) is 5.75 Å². The summed E-state index contributed by atoms with van der Waals surface area (Å²) in [7, 11) is 1.66. The van der Waals surface area contributed by atoms with Crippen LogP contribution in [0.25, 0.3) is 0 Å². The number of rotatable bonds is 3. The predicted molar refractivity (Wildman–Crippen MR) is 62.3 cm³/mol. The molecule has 1 aromatic carbocycles. The zero-order chi connectivity index (χ0) is 11.4. The Morgan fingerprint density at radius 1 is 1.25 bits per heavy atom. The lowest BCUT2D eigenvalue weighted by molar-refractivity contribution is 0.0173. The van der Waals surface area contributed by atoms with Crippen molar-refractivity contribution in [2.75, 3.05) is 33.4 Å². The lowest BCUT2D eigenvalue weighted by Gasteiger charge is -2.32. The average molecular weight is 222 g/mol. The van der Waals surface area contributed by atoms with Crippen LogP contribution in [0.5, 0.6) is 5.75 Å². The number of benzene rings is 1. The number of nitrogens with zero attached hydrogens (tertiary/aromatic N) is 1. The van der Waals surface area contributed by atoms with Gasteiger partial charge < -0.3 is 15.2 Å². The second-order valence-corrected chi connectivity index (χ2v) is 3.87. The first-order valence-electron chi connectivity index (χ1n) is 5.52. The molecule has 1 heterocycles. The van der Waals surface area contributed by atoms with E-state index in [9.17, 15) is 0 Å². The van der Waals surface area contributed by atoms with E-state index >= 15 is 0 Å². The van der Waals surface area contributed by atoms with Crippen LogP contribution in [0.4, 0.5) is 0 Å². The zero-order valence-corrected chi connectivity index (χ0v) is 9.56. The van der Waals surface area contributed by atoms with E-state index in [0.29, 0.717) is 0 Å². The van der Waals surface area contributed by atoms with E-state index in [1.807, 2.05) is 24.3 Å². The normalized spacial score (nSPS) is 19.4. The van der Waals surface area contributed by atoms with Crippen LogP contribution in [0.2, 0.25) is 0 Å². The molecule has 0 saturated carbocycles. The minimum absolute atomic E-state index is 0.0465. The molecule has 1 aliphatic rings. The van der Waals surface area contributed by atoms with Crippen LogP contribution in [0, 0.1) is 0 Å². The van der Waals surface area contributed by atoms with Gasteiger partial charge in [0.15, 0.2) is 0 Å². The highest BCUT2D eigenvalue weighted by Gasteiger charge is 2.18. The standard InChI is InChI=1S/C12H18N2O2/c1-15-11-4-2-10(3-5-11)12(13)14-6-8-16-9-7-14/h2-5,12H,6-9,13H2,1H3/t12-/m0/s1. The predicted octanol–water partition coefficient (Wildman–Crippen LogP) is 0.985. The van der Waals surface area contributed by atoms with E-state index in [0.717, 1.165) is 37.6 Å². The summed E-state index contributed by atoms with van der Waals surface area (Å²) in [5.41, 5.74) is 7.30. The Morgan fingerprint density at radius 2 is 1.88 bits per heavy atom. The molecule has 2 rings (SSSR count). The number of morpholine rings is 1. The summed E-state index contributed by atoms with van der Waals surface area (Å²) in [5.74, 6) is 0.859. The van der Waals surface area contributed by atoms with Crippen molar-refractivity contribution < 1.29 is 9.47 Å². The number of nitrogens with two attached hydrogens (primary N) is 1. The third kappa shape index (κ3) is 2.52. The van der Waals surface area contributed by atoms with Crippen LogP contribution in [0.3, 0.4) is 0 Å². The molecule has 1 fully saturated rings. The van der Waals surface area contributed by atoms with Crippen molar-refractivity contribution in [3.63, 3.8) is 0 Å². The molecule has 4 nitrogen and oxygen atoms in total. The summed E-state index contributed by atoms with van der Waals surface area (Å²) in [6.07, 6.45) is -0.0465. The number of hydrogen-bond acceptors (Lipinski definition) is 4. The van der Waals surface area contributed by atoms with Crippen LogP contribution in [-0.4, -0.2) is 38.3 Å². The van der Waals surface area contributed by atoms with Gasteiger partial charge in [-0.1, -0.05) is 12.1 Å². The van der Waals surface area contributed by atoms with Crippen LogP contribution in [0.15, 0.2) is 24.3 Å². The van der Waals surface area contributed by atoms with Gasteiger partial charge >= 0.3 is 0 Å². The lowest BCUT2D eigenvalue weighted by Crippen LogP contribution is -2.42. The summed E-state index contributed by atoms with van der Waals surface area (Å²) >= 11 is 0. The second-order valence-electron chi connectivity index (χ2n) is 3.87. The molecule has 0 spiro atoms. The molecule has 16 heavy (non-hydrogen) atoms. The highest BCUT2D eigenvalue weighted by atomic mass is 16.5. The fraction of sp³-hybridized carbons (Fsp3) is 0.500. The van der Waals surface area contributed by atoms with Crippen molar-refractivity contribution in [2.24, 2.45) is 5.73 Å². The average Bonchev–Trinajstić information content (AvgIpc) is 2.39. The molecular weight excluding hydrogens is 204 g/mol. The quantitative estimate of drug-likeness (QED) is 0.828. The van der Waals surface area contributed by atoms with Gasteiger partial charge in [-0.2, -0.15) is 0 Å². The largest absolute Gasteiger partial charge is 0.497 e. The molecule has 0 aliphatic carbocycles. The highest BCUT2D eigenvalue weighted by Crippen LogP contribution is 2.19. The molecule has 0 amide bonds. The van der Waals surface area contributed by atoms with E-state index < -0.39 is 0 Å². The van der Waals surface area contributed by atoms with Crippen molar-refractivity contribution in [2.45, 2.75) is 6.17 Å². The summed E-state index contributed by atoms with van der Waals surface area (Å²) in [5, 5.41) is 0. The van der Waals surface area contributed by atoms with E-state index in [1.54, 1.807) is 7.11 Å². The smallest absolute Gasteiger partial charge is 0.118 e. The Kier molecular flexibility index (Phi) is 3.77. The lowest BCUT2D eigenvalue weighted by atomic mass is 10.1. The third-order valence-electron chi connectivity index (χ3n) is 2.90. The first-order valence-corrected chi connectivity index (χ1v) is 5.52. The Morgan fingerprint density at radius 3 is 2.44 bits per heavy atom.